The summed E-state index contributed by atoms with van der Waals surface area (Å²) >= 11 is 0. The van der Waals surface area contributed by atoms with Gasteiger partial charge in [0.1, 0.15) is 12.4 Å². The molecule has 2 rings (SSSR count). The molecular weight excluding hydrogens is 252 g/mol. The van der Waals surface area contributed by atoms with E-state index in [0.717, 1.165) is 19.4 Å². The van der Waals surface area contributed by atoms with Crippen LogP contribution < -0.4 is 10.5 Å². The van der Waals surface area contributed by atoms with Crippen LogP contribution in [0.3, 0.4) is 0 Å². The first-order chi connectivity index (χ1) is 9.48. The molecule has 1 aliphatic rings. The van der Waals surface area contributed by atoms with Gasteiger partial charge in [0, 0.05) is 13.0 Å². The molecule has 0 radical (unpaired) electrons. The third-order valence-corrected chi connectivity index (χ3v) is 3.96. The monoisotopic (exact) mass is 276 g/mol. The van der Waals surface area contributed by atoms with E-state index in [2.05, 4.69) is 13.8 Å². The number of rotatable bonds is 4. The number of nitrogens with zero attached hydrogens (tertiary/aromatic N) is 1. The van der Waals surface area contributed by atoms with Gasteiger partial charge in [-0.1, -0.05) is 26.0 Å². The molecule has 0 spiro atoms. The predicted octanol–water partition coefficient (Wildman–Crippen LogP) is 2.69. The molecule has 1 heterocycles. The first kappa shape index (κ1) is 14.7. The minimum absolute atomic E-state index is 0.236. The minimum Gasteiger partial charge on any atom is -0.490 e. The molecule has 110 valence electrons. The molecule has 4 heteroatoms. The Balaban J connectivity index is 1.84. The zero-order valence-corrected chi connectivity index (χ0v) is 12.4. The predicted molar refractivity (Wildman–Crippen MR) is 80.6 cm³/mol. The molecule has 0 unspecified atom stereocenters. The first-order valence-corrected chi connectivity index (χ1v) is 7.23. The molecule has 1 saturated heterocycles. The lowest BCUT2D eigenvalue weighted by molar-refractivity contribution is -0.131. The lowest BCUT2D eigenvalue weighted by atomic mass is 9.85. The summed E-state index contributed by atoms with van der Waals surface area (Å²) in [6, 6.07) is 7.44. The second kappa shape index (κ2) is 6.16. The van der Waals surface area contributed by atoms with Crippen LogP contribution in [0.4, 0.5) is 5.69 Å². The van der Waals surface area contributed by atoms with E-state index >= 15 is 0 Å². The molecule has 2 N–H and O–H groups in total. The van der Waals surface area contributed by atoms with Crippen molar-refractivity contribution in [3.63, 3.8) is 0 Å². The Morgan fingerprint density at radius 1 is 1.30 bits per heavy atom. The Kier molecular flexibility index (Phi) is 4.53. The van der Waals surface area contributed by atoms with E-state index in [1.807, 2.05) is 29.2 Å². The molecule has 0 bridgehead atoms. The molecule has 1 aromatic carbocycles. The third-order valence-electron chi connectivity index (χ3n) is 3.96. The Bertz CT molecular complexity index is 471. The van der Waals surface area contributed by atoms with Gasteiger partial charge in [0.05, 0.1) is 12.2 Å². The van der Waals surface area contributed by atoms with E-state index in [0.29, 0.717) is 31.0 Å². The third kappa shape index (κ3) is 3.89. The van der Waals surface area contributed by atoms with Crippen LogP contribution in [-0.2, 0) is 4.79 Å². The van der Waals surface area contributed by atoms with Crippen LogP contribution in [0.5, 0.6) is 5.75 Å². The van der Waals surface area contributed by atoms with E-state index in [4.69, 9.17) is 10.5 Å². The summed E-state index contributed by atoms with van der Waals surface area (Å²) in [7, 11) is 0. The molecule has 1 aromatic rings. The van der Waals surface area contributed by atoms with Crippen molar-refractivity contribution in [2.45, 2.75) is 33.1 Å². The van der Waals surface area contributed by atoms with Crippen molar-refractivity contribution in [2.24, 2.45) is 5.41 Å². The van der Waals surface area contributed by atoms with Crippen LogP contribution in [0.2, 0.25) is 0 Å². The zero-order valence-electron chi connectivity index (χ0n) is 12.4. The molecule has 1 amide bonds. The highest BCUT2D eigenvalue weighted by molar-refractivity contribution is 5.76. The molecule has 4 nitrogen and oxygen atoms in total. The molecule has 0 atom stereocenters. The number of likely N-dealkylation sites (tertiary alicyclic amines) is 1. The van der Waals surface area contributed by atoms with Crippen molar-refractivity contribution < 1.29 is 9.53 Å². The van der Waals surface area contributed by atoms with Gasteiger partial charge in [-0.25, -0.2) is 0 Å². The van der Waals surface area contributed by atoms with E-state index in [1.54, 1.807) is 0 Å². The van der Waals surface area contributed by atoms with Gasteiger partial charge in [0.2, 0.25) is 5.91 Å². The van der Waals surface area contributed by atoms with Gasteiger partial charge in [0.15, 0.2) is 0 Å². The summed E-state index contributed by atoms with van der Waals surface area (Å²) in [5.41, 5.74) is 6.72. The Morgan fingerprint density at radius 3 is 2.80 bits per heavy atom. The maximum absolute atomic E-state index is 12.1. The first-order valence-electron chi connectivity index (χ1n) is 7.23. The fourth-order valence-corrected chi connectivity index (χ4v) is 2.41. The van der Waals surface area contributed by atoms with Crippen LogP contribution in [0.25, 0.3) is 0 Å². The second-order valence-electron chi connectivity index (χ2n) is 6.18. The highest BCUT2D eigenvalue weighted by Crippen LogP contribution is 2.30. The van der Waals surface area contributed by atoms with Crippen molar-refractivity contribution in [3.05, 3.63) is 24.3 Å². The van der Waals surface area contributed by atoms with Crippen LogP contribution in [0.15, 0.2) is 24.3 Å². The van der Waals surface area contributed by atoms with Gasteiger partial charge in [-0.05, 0) is 30.4 Å². The number of nitrogens with two attached hydrogens (primary N) is 1. The smallest absolute Gasteiger partial charge is 0.222 e. The topological polar surface area (TPSA) is 55.6 Å². The number of benzene rings is 1. The van der Waals surface area contributed by atoms with E-state index in [-0.39, 0.29) is 11.3 Å². The van der Waals surface area contributed by atoms with Crippen molar-refractivity contribution in [1.82, 2.24) is 4.90 Å². The van der Waals surface area contributed by atoms with Crippen molar-refractivity contribution in [2.75, 3.05) is 25.4 Å². The Labute approximate surface area is 120 Å². The number of nitrogen functional groups attached to an aromatic ring is 1. The fourth-order valence-electron chi connectivity index (χ4n) is 2.41. The summed E-state index contributed by atoms with van der Waals surface area (Å²) in [5, 5.41) is 0. The molecule has 0 aromatic heterocycles. The number of ether oxygens (including phenoxy) is 1. The van der Waals surface area contributed by atoms with Crippen molar-refractivity contribution in [3.8, 4) is 5.75 Å². The van der Waals surface area contributed by atoms with Crippen LogP contribution in [0, 0.1) is 5.41 Å². The Morgan fingerprint density at radius 2 is 2.05 bits per heavy atom. The van der Waals surface area contributed by atoms with Crippen LogP contribution >= 0.6 is 0 Å². The maximum atomic E-state index is 12.1. The summed E-state index contributed by atoms with van der Waals surface area (Å²) in [5.74, 6) is 0.926. The molecule has 0 aliphatic carbocycles. The van der Waals surface area contributed by atoms with Gasteiger partial charge in [0.25, 0.3) is 0 Å². The van der Waals surface area contributed by atoms with Crippen LogP contribution in [0.1, 0.15) is 33.1 Å². The minimum atomic E-state index is 0.236. The maximum Gasteiger partial charge on any atom is 0.222 e. The quantitative estimate of drug-likeness (QED) is 0.860. The average molecular weight is 276 g/mol. The fraction of sp³-hybridized carbons (Fsp3) is 0.562. The van der Waals surface area contributed by atoms with Gasteiger partial charge < -0.3 is 15.4 Å². The lowest BCUT2D eigenvalue weighted by Gasteiger charge is -2.23. The molecular formula is C16H24N2O2. The SMILES string of the molecule is CC1(C)CCC(=O)N(CCOc2ccccc2N)CC1. The summed E-state index contributed by atoms with van der Waals surface area (Å²) in [4.78, 5) is 14.0. The molecule has 1 aliphatic heterocycles. The number of hydrogen-bond acceptors (Lipinski definition) is 3. The van der Waals surface area contributed by atoms with Crippen LogP contribution in [-0.4, -0.2) is 30.5 Å². The molecule has 0 saturated carbocycles. The summed E-state index contributed by atoms with van der Waals surface area (Å²) in [6.45, 7) is 6.39. The summed E-state index contributed by atoms with van der Waals surface area (Å²) in [6.07, 6.45) is 2.65. The second-order valence-corrected chi connectivity index (χ2v) is 6.18. The number of carbonyl (C=O) groups excluding carboxylic acids is 1. The van der Waals surface area contributed by atoms with Gasteiger partial charge in [-0.2, -0.15) is 0 Å². The van der Waals surface area contributed by atoms with E-state index in [1.165, 1.54) is 0 Å². The average Bonchev–Trinajstić information content (AvgIpc) is 2.53. The zero-order chi connectivity index (χ0) is 14.6. The highest BCUT2D eigenvalue weighted by Gasteiger charge is 2.27. The number of hydrogen-bond donors (Lipinski definition) is 1. The largest absolute Gasteiger partial charge is 0.490 e. The normalized spacial score (nSPS) is 18.7. The number of carbonyl (C=O) groups is 1. The van der Waals surface area contributed by atoms with Crippen molar-refractivity contribution >= 4 is 11.6 Å². The van der Waals surface area contributed by atoms with Gasteiger partial charge >= 0.3 is 0 Å². The lowest BCUT2D eigenvalue weighted by Crippen LogP contribution is -2.34. The van der Waals surface area contributed by atoms with Gasteiger partial charge in [-0.3, -0.25) is 4.79 Å². The summed E-state index contributed by atoms with van der Waals surface area (Å²) < 4.78 is 5.66. The van der Waals surface area contributed by atoms with Crippen molar-refractivity contribution in [1.29, 1.82) is 0 Å². The van der Waals surface area contributed by atoms with Gasteiger partial charge in [-0.15, -0.1) is 0 Å². The number of amides is 1. The number of para-hydroxylation sites is 2. The van der Waals surface area contributed by atoms with E-state index in [9.17, 15) is 4.79 Å². The molecule has 20 heavy (non-hydrogen) atoms. The molecule has 1 fully saturated rings. The Hall–Kier alpha value is -1.71. The highest BCUT2D eigenvalue weighted by atomic mass is 16.5. The standard InChI is InChI=1S/C16H24N2O2/c1-16(2)8-7-15(19)18(10-9-16)11-12-20-14-6-4-3-5-13(14)17/h3-6H,7-12,17H2,1-2H3. The van der Waals surface area contributed by atoms with E-state index < -0.39 is 0 Å². The number of anilines is 1.